The normalized spacial score (nSPS) is 20.9. The monoisotopic (exact) mass is 585 g/mol. The van der Waals surface area contributed by atoms with Crippen molar-refractivity contribution in [2.45, 2.75) is 57.2 Å². The number of nitrogens with one attached hydrogen (secondary N) is 2. The molecule has 1 aliphatic carbocycles. The number of benzene rings is 2. The third kappa shape index (κ3) is 6.27. The lowest BCUT2D eigenvalue weighted by Gasteiger charge is -2.33. The van der Waals surface area contributed by atoms with Crippen LogP contribution in [0.5, 0.6) is 0 Å². The Bertz CT molecular complexity index is 1640. The van der Waals surface area contributed by atoms with Gasteiger partial charge in [-0.1, -0.05) is 30.3 Å². The van der Waals surface area contributed by atoms with E-state index in [2.05, 4.69) is 49.8 Å². The second-order valence-electron chi connectivity index (χ2n) is 11.4. The summed E-state index contributed by atoms with van der Waals surface area (Å²) in [5, 5.41) is 15.4. The third-order valence-corrected chi connectivity index (χ3v) is 8.39. The Kier molecular flexibility index (Phi) is 8.16. The summed E-state index contributed by atoms with van der Waals surface area (Å²) in [6.07, 6.45) is 6.06. The first-order valence-corrected chi connectivity index (χ1v) is 14.6. The first kappa shape index (κ1) is 28.5. The number of nitrogens with zero attached hydrogens (tertiary/aromatic N) is 6. The molecule has 0 radical (unpaired) electrons. The van der Waals surface area contributed by atoms with Crippen LogP contribution < -0.4 is 16.4 Å². The molecule has 0 bridgehead atoms. The molecule has 1 saturated heterocycles. The minimum atomic E-state index is -0.904. The van der Waals surface area contributed by atoms with Crippen molar-refractivity contribution < 1.29 is 13.6 Å². The molecule has 43 heavy (non-hydrogen) atoms. The van der Waals surface area contributed by atoms with Crippen molar-refractivity contribution in [2.75, 3.05) is 23.7 Å². The van der Waals surface area contributed by atoms with Gasteiger partial charge in [0.05, 0.1) is 17.8 Å². The molecule has 6 rings (SSSR count). The number of nitriles is 1. The Balaban J connectivity index is 1.29. The number of aromatic nitrogens is 4. The average Bonchev–Trinajstić information content (AvgIpc) is 3.36. The number of amides is 1. The van der Waals surface area contributed by atoms with Gasteiger partial charge in [0.25, 0.3) is 0 Å². The number of rotatable bonds is 8. The molecule has 2 fully saturated rings. The molecular formula is C31H33F2N9O. The molecule has 222 valence electrons. The molecule has 10 nitrogen and oxygen atoms in total. The van der Waals surface area contributed by atoms with Crippen LogP contribution in [0.1, 0.15) is 55.7 Å². The number of carbonyl (C=O) groups excluding carboxylic acids is 1. The van der Waals surface area contributed by atoms with Crippen molar-refractivity contribution in [3.05, 3.63) is 71.4 Å². The van der Waals surface area contributed by atoms with Crippen molar-refractivity contribution in [1.29, 1.82) is 5.26 Å². The number of nitrogens with two attached hydrogens (primary N) is 1. The van der Waals surface area contributed by atoms with Crippen LogP contribution in [-0.2, 0) is 11.3 Å². The maximum Gasteiger partial charge on any atom is 0.225 e. The summed E-state index contributed by atoms with van der Waals surface area (Å²) in [7, 11) is 0. The Hall–Kier alpha value is -4.63. The van der Waals surface area contributed by atoms with E-state index in [0.717, 1.165) is 44.6 Å². The van der Waals surface area contributed by atoms with Gasteiger partial charge in [-0.3, -0.25) is 14.3 Å². The first-order valence-electron chi connectivity index (χ1n) is 14.6. The van der Waals surface area contributed by atoms with Crippen LogP contribution in [0, 0.1) is 28.9 Å². The maximum absolute atomic E-state index is 14.9. The van der Waals surface area contributed by atoms with Crippen molar-refractivity contribution >= 4 is 34.7 Å². The number of carbonyl (C=O) groups is 1. The lowest BCUT2D eigenvalue weighted by Crippen LogP contribution is -2.41. The highest BCUT2D eigenvalue weighted by atomic mass is 19.1. The van der Waals surface area contributed by atoms with Gasteiger partial charge in [0.2, 0.25) is 17.8 Å². The molecule has 12 heteroatoms. The molecule has 1 saturated carbocycles. The molecule has 2 aromatic heterocycles. The van der Waals surface area contributed by atoms with Gasteiger partial charge in [0.1, 0.15) is 11.2 Å². The fraction of sp³-hybridized carbons (Fsp3) is 0.387. The maximum atomic E-state index is 14.9. The number of halogens is 2. The lowest BCUT2D eigenvalue weighted by molar-refractivity contribution is -0.122. The van der Waals surface area contributed by atoms with Gasteiger partial charge >= 0.3 is 0 Å². The number of imidazole rings is 1. The second kappa shape index (κ2) is 12.3. The van der Waals surface area contributed by atoms with Gasteiger partial charge in [0.15, 0.2) is 17.3 Å². The zero-order valence-corrected chi connectivity index (χ0v) is 23.6. The molecule has 1 aliphatic heterocycles. The number of anilines is 3. The van der Waals surface area contributed by atoms with E-state index in [4.69, 9.17) is 16.0 Å². The van der Waals surface area contributed by atoms with E-state index in [-0.39, 0.29) is 35.4 Å². The molecule has 4 N–H and O–H groups in total. The van der Waals surface area contributed by atoms with Gasteiger partial charge in [0, 0.05) is 31.1 Å². The molecule has 1 amide bonds. The van der Waals surface area contributed by atoms with Crippen LogP contribution >= 0.6 is 0 Å². The topological polar surface area (TPSA) is 138 Å². The standard InChI is InChI=1S/C31H33F2N9O/c32-24-13-20(15-34)14-25(33)27(24)39-31-38-26-16-36-30(40-29(26)42(31)23-10-8-21(9-11-23)28(35)43)37-22-7-4-12-41(18-22)17-19-5-2-1-3-6-19/h1-3,5-6,13-14,16,21-23H,4,7-12,17-18H2,(H2,35,43)(H,38,39)(H,36,37,40)/t21-,22-,23+/m1/s1. The second-order valence-corrected chi connectivity index (χ2v) is 11.4. The molecule has 1 atom stereocenters. The Morgan fingerprint density at radius 3 is 2.51 bits per heavy atom. The summed E-state index contributed by atoms with van der Waals surface area (Å²) in [5.74, 6) is -1.69. The van der Waals surface area contributed by atoms with Gasteiger partial charge in [-0.05, 0) is 62.8 Å². The van der Waals surface area contributed by atoms with Crippen LogP contribution in [0.4, 0.5) is 26.4 Å². The molecule has 2 aliphatic rings. The zero-order valence-electron chi connectivity index (χ0n) is 23.6. The van der Waals surface area contributed by atoms with Crippen LogP contribution in [0.15, 0.2) is 48.7 Å². The fourth-order valence-electron chi connectivity index (χ4n) is 6.22. The summed E-state index contributed by atoms with van der Waals surface area (Å²) in [4.78, 5) is 28.2. The van der Waals surface area contributed by atoms with Crippen LogP contribution in [0.3, 0.4) is 0 Å². The van der Waals surface area contributed by atoms with E-state index in [0.29, 0.717) is 42.8 Å². The SMILES string of the molecule is N#Cc1cc(F)c(Nc2nc3cnc(N[C@@H]4CCCN(Cc5ccccc5)C4)nc3n2[C@H]2CC[C@@H](C(N)=O)CC2)c(F)c1. The Labute approximate surface area is 247 Å². The lowest BCUT2D eigenvalue weighted by atomic mass is 9.85. The number of hydrogen-bond acceptors (Lipinski definition) is 8. The highest BCUT2D eigenvalue weighted by molar-refractivity contribution is 5.78. The molecular weight excluding hydrogens is 552 g/mol. The highest BCUT2D eigenvalue weighted by Crippen LogP contribution is 2.37. The number of primary amides is 1. The number of piperidine rings is 1. The Morgan fingerprint density at radius 1 is 1.07 bits per heavy atom. The summed E-state index contributed by atoms with van der Waals surface area (Å²) in [6.45, 7) is 2.74. The van der Waals surface area contributed by atoms with Crippen molar-refractivity contribution in [1.82, 2.24) is 24.4 Å². The predicted molar refractivity (Wildman–Crippen MR) is 158 cm³/mol. The van der Waals surface area contributed by atoms with Gasteiger partial charge < -0.3 is 16.4 Å². The summed E-state index contributed by atoms with van der Waals surface area (Å²) >= 11 is 0. The van der Waals surface area contributed by atoms with Crippen molar-refractivity contribution in [2.24, 2.45) is 11.7 Å². The van der Waals surface area contributed by atoms with Crippen LogP contribution in [0.2, 0.25) is 0 Å². The fourth-order valence-corrected chi connectivity index (χ4v) is 6.22. The van der Waals surface area contributed by atoms with E-state index in [1.807, 2.05) is 10.6 Å². The molecule has 3 heterocycles. The molecule has 0 spiro atoms. The van der Waals surface area contributed by atoms with E-state index < -0.39 is 17.3 Å². The Morgan fingerprint density at radius 2 is 1.81 bits per heavy atom. The van der Waals surface area contributed by atoms with Crippen LogP contribution in [-0.4, -0.2) is 49.5 Å². The minimum absolute atomic E-state index is 0.120. The largest absolute Gasteiger partial charge is 0.369 e. The predicted octanol–water partition coefficient (Wildman–Crippen LogP) is 5.01. The number of fused-ring (bicyclic) bond motifs is 1. The third-order valence-electron chi connectivity index (χ3n) is 8.39. The first-order chi connectivity index (χ1) is 20.9. The van der Waals surface area contributed by atoms with Crippen molar-refractivity contribution in [3.63, 3.8) is 0 Å². The molecule has 4 aromatic rings. The van der Waals surface area contributed by atoms with E-state index >= 15 is 0 Å². The minimum Gasteiger partial charge on any atom is -0.369 e. The quantitative estimate of drug-likeness (QED) is 0.262. The molecule has 2 aromatic carbocycles. The summed E-state index contributed by atoms with van der Waals surface area (Å²) in [6, 6.07) is 14.1. The number of hydrogen-bond donors (Lipinski definition) is 3. The average molecular weight is 586 g/mol. The van der Waals surface area contributed by atoms with Gasteiger partial charge in [-0.2, -0.15) is 10.2 Å². The smallest absolute Gasteiger partial charge is 0.225 e. The summed E-state index contributed by atoms with van der Waals surface area (Å²) in [5.41, 5.74) is 7.29. The highest BCUT2D eigenvalue weighted by Gasteiger charge is 2.30. The molecule has 0 unspecified atom stereocenters. The van der Waals surface area contributed by atoms with Gasteiger partial charge in [-0.15, -0.1) is 0 Å². The van der Waals surface area contributed by atoms with E-state index in [9.17, 15) is 13.6 Å². The van der Waals surface area contributed by atoms with Crippen LogP contribution in [0.25, 0.3) is 11.2 Å². The van der Waals surface area contributed by atoms with E-state index in [1.165, 1.54) is 5.56 Å². The number of likely N-dealkylation sites (tertiary alicyclic amines) is 1. The van der Waals surface area contributed by atoms with E-state index in [1.54, 1.807) is 12.3 Å². The van der Waals surface area contributed by atoms with Gasteiger partial charge in [-0.25, -0.2) is 18.7 Å². The summed E-state index contributed by atoms with van der Waals surface area (Å²) < 4.78 is 31.6. The van der Waals surface area contributed by atoms with Crippen molar-refractivity contribution in [3.8, 4) is 6.07 Å². The zero-order chi connectivity index (χ0) is 29.9.